The van der Waals surface area contributed by atoms with E-state index >= 15 is 0 Å². The van der Waals surface area contributed by atoms with Crippen LogP contribution in [0.3, 0.4) is 0 Å². The summed E-state index contributed by atoms with van der Waals surface area (Å²) in [6, 6.07) is 8.74. The summed E-state index contributed by atoms with van der Waals surface area (Å²) in [4.78, 5) is 26.2. The van der Waals surface area contributed by atoms with Gasteiger partial charge in [-0.15, -0.1) is 0 Å². The number of nitrogens with two attached hydrogens (primary N) is 1. The molecule has 1 atom stereocenters. The van der Waals surface area contributed by atoms with Crippen LogP contribution in [0.4, 0.5) is 15.9 Å². The second-order valence-electron chi connectivity index (χ2n) is 8.43. The van der Waals surface area contributed by atoms with Crippen LogP contribution < -0.4 is 11.1 Å². The Bertz CT molecular complexity index is 1360. The maximum atomic E-state index is 13.6. The van der Waals surface area contributed by atoms with Gasteiger partial charge in [0.1, 0.15) is 30.0 Å². The number of anilines is 2. The fraction of sp³-hybridized carbons (Fsp3) is 0.222. The second-order valence-corrected chi connectivity index (χ2v) is 8.43. The number of aliphatic imine (C=N–C) groups is 1. The molecule has 1 aliphatic rings. The molecule has 8 nitrogen and oxygen atoms in total. The highest BCUT2D eigenvalue weighted by atomic mass is 19.1. The van der Waals surface area contributed by atoms with E-state index in [1.807, 2.05) is 44.2 Å². The van der Waals surface area contributed by atoms with Crippen LogP contribution in [-0.2, 0) is 0 Å². The number of benzene rings is 1. The zero-order valence-corrected chi connectivity index (χ0v) is 20.1. The minimum atomic E-state index is -0.562. The molecule has 36 heavy (non-hydrogen) atoms. The second kappa shape index (κ2) is 11.4. The Morgan fingerprint density at radius 3 is 2.89 bits per heavy atom. The summed E-state index contributed by atoms with van der Waals surface area (Å²) < 4.78 is 18.6. The molecule has 0 spiro atoms. The number of amides is 1. The van der Waals surface area contributed by atoms with E-state index < -0.39 is 6.67 Å². The first-order valence-electron chi connectivity index (χ1n) is 11.5. The van der Waals surface area contributed by atoms with Gasteiger partial charge >= 0.3 is 0 Å². The number of hydrogen-bond acceptors (Lipinski definition) is 7. The lowest BCUT2D eigenvalue weighted by molar-refractivity contribution is 0.102. The molecule has 184 valence electrons. The van der Waals surface area contributed by atoms with Gasteiger partial charge in [-0.3, -0.25) is 9.79 Å². The Morgan fingerprint density at radius 1 is 1.33 bits per heavy atom. The van der Waals surface area contributed by atoms with Crippen LogP contribution in [0.25, 0.3) is 5.57 Å². The first-order chi connectivity index (χ1) is 17.5. The van der Waals surface area contributed by atoms with Gasteiger partial charge in [-0.1, -0.05) is 41.1 Å². The van der Waals surface area contributed by atoms with Gasteiger partial charge < -0.3 is 15.6 Å². The molecule has 0 bridgehead atoms. The molecule has 9 heteroatoms. The average molecular weight is 487 g/mol. The van der Waals surface area contributed by atoms with E-state index in [4.69, 9.17) is 15.2 Å². The number of nitrogens with one attached hydrogen (secondary N) is 1. The van der Waals surface area contributed by atoms with Crippen molar-refractivity contribution in [2.24, 2.45) is 4.99 Å². The number of hydrogen-bond donors (Lipinski definition) is 2. The molecule has 3 N–H and O–H groups in total. The fourth-order valence-corrected chi connectivity index (χ4v) is 3.85. The van der Waals surface area contributed by atoms with E-state index in [-0.39, 0.29) is 17.8 Å². The van der Waals surface area contributed by atoms with Crippen LogP contribution in [0, 0.1) is 6.92 Å². The fourth-order valence-electron chi connectivity index (χ4n) is 3.85. The van der Waals surface area contributed by atoms with Gasteiger partial charge in [0.2, 0.25) is 0 Å². The minimum absolute atomic E-state index is 0.111. The summed E-state index contributed by atoms with van der Waals surface area (Å²) in [7, 11) is 0. The number of dihydropyridines is 1. The molecule has 0 fully saturated rings. The quantitative estimate of drug-likeness (QED) is 0.427. The number of carbonyl (C=O) groups is 1. The molecule has 0 saturated heterocycles. The molecule has 1 aliphatic heterocycles. The summed E-state index contributed by atoms with van der Waals surface area (Å²) in [5, 5.41) is 6.79. The van der Waals surface area contributed by atoms with Gasteiger partial charge in [0, 0.05) is 11.6 Å². The SMILES string of the molecule is CC=CC=C(CF)CC1CC(c2ccon2)=CC(c2ncc(NC(=O)c3cccc(C)c3)c(N)n2)=N1. The largest absolute Gasteiger partial charge is 0.382 e. The molecule has 0 saturated carbocycles. The van der Waals surface area contributed by atoms with E-state index in [1.165, 1.54) is 12.5 Å². The smallest absolute Gasteiger partial charge is 0.255 e. The van der Waals surface area contributed by atoms with Crippen LogP contribution in [0.2, 0.25) is 0 Å². The van der Waals surface area contributed by atoms with Crippen LogP contribution in [0.1, 0.15) is 47.2 Å². The van der Waals surface area contributed by atoms with Crippen molar-refractivity contribution in [1.82, 2.24) is 15.1 Å². The third-order valence-electron chi connectivity index (χ3n) is 5.62. The minimum Gasteiger partial charge on any atom is -0.382 e. The van der Waals surface area contributed by atoms with Gasteiger partial charge in [0.05, 0.1) is 12.2 Å². The lowest BCUT2D eigenvalue weighted by atomic mass is 9.94. The number of rotatable bonds is 8. The van der Waals surface area contributed by atoms with Crippen molar-refractivity contribution in [2.75, 3.05) is 17.7 Å². The Labute approximate surface area is 208 Å². The number of aromatic nitrogens is 3. The maximum absolute atomic E-state index is 13.6. The molecule has 3 aromatic rings. The molecule has 0 radical (unpaired) electrons. The lowest BCUT2D eigenvalue weighted by Gasteiger charge is -2.21. The normalized spacial score (nSPS) is 16.1. The summed E-state index contributed by atoms with van der Waals surface area (Å²) in [5.74, 6) is 0.0994. The number of nitrogens with zero attached hydrogens (tertiary/aromatic N) is 4. The molecular formula is C27H27FN6O2. The number of alkyl halides is 1. The zero-order valence-electron chi connectivity index (χ0n) is 20.1. The molecule has 2 aromatic heterocycles. The Kier molecular flexibility index (Phi) is 7.79. The highest BCUT2D eigenvalue weighted by Gasteiger charge is 2.23. The lowest BCUT2D eigenvalue weighted by Crippen LogP contribution is -2.20. The van der Waals surface area contributed by atoms with E-state index in [0.29, 0.717) is 46.9 Å². The Hall–Kier alpha value is -4.40. The van der Waals surface area contributed by atoms with Crippen LogP contribution >= 0.6 is 0 Å². The molecule has 4 rings (SSSR count). The average Bonchev–Trinajstić information content (AvgIpc) is 3.43. The predicted molar refractivity (Wildman–Crippen MR) is 138 cm³/mol. The monoisotopic (exact) mass is 486 g/mol. The molecule has 1 unspecified atom stereocenters. The summed E-state index contributed by atoms with van der Waals surface area (Å²) >= 11 is 0. The van der Waals surface area contributed by atoms with Gasteiger partial charge in [-0.25, -0.2) is 14.4 Å². The zero-order chi connectivity index (χ0) is 25.5. The summed E-state index contributed by atoms with van der Waals surface area (Å²) in [5.41, 5.74) is 10.6. The highest BCUT2D eigenvalue weighted by molar-refractivity contribution is 6.11. The first kappa shape index (κ1) is 24.7. The summed E-state index contributed by atoms with van der Waals surface area (Å²) in [6.45, 7) is 3.23. The highest BCUT2D eigenvalue weighted by Crippen LogP contribution is 2.29. The number of carbonyl (C=O) groups excluding carboxylic acids is 1. The van der Waals surface area contributed by atoms with Crippen molar-refractivity contribution in [2.45, 2.75) is 32.7 Å². The van der Waals surface area contributed by atoms with Gasteiger partial charge in [0.15, 0.2) is 11.6 Å². The van der Waals surface area contributed by atoms with Crippen LogP contribution in [-0.4, -0.2) is 39.5 Å². The first-order valence-corrected chi connectivity index (χ1v) is 11.5. The van der Waals surface area contributed by atoms with E-state index in [1.54, 1.807) is 24.3 Å². The Morgan fingerprint density at radius 2 is 2.19 bits per heavy atom. The molecule has 1 aromatic carbocycles. The molecule has 1 amide bonds. The maximum Gasteiger partial charge on any atom is 0.255 e. The third kappa shape index (κ3) is 5.99. The van der Waals surface area contributed by atoms with Crippen molar-refractivity contribution in [3.8, 4) is 0 Å². The van der Waals surface area contributed by atoms with E-state index in [0.717, 1.165) is 11.1 Å². The van der Waals surface area contributed by atoms with Gasteiger partial charge in [-0.05, 0) is 56.0 Å². The van der Waals surface area contributed by atoms with E-state index in [9.17, 15) is 9.18 Å². The number of halogens is 1. The van der Waals surface area contributed by atoms with Crippen molar-refractivity contribution in [1.29, 1.82) is 0 Å². The van der Waals surface area contributed by atoms with Crippen LogP contribution in [0.15, 0.2) is 82.2 Å². The van der Waals surface area contributed by atoms with Gasteiger partial charge in [0.25, 0.3) is 5.91 Å². The topological polar surface area (TPSA) is 119 Å². The molecule has 0 aliphatic carbocycles. The van der Waals surface area contributed by atoms with Crippen LogP contribution in [0.5, 0.6) is 0 Å². The van der Waals surface area contributed by atoms with E-state index in [2.05, 4.69) is 20.4 Å². The van der Waals surface area contributed by atoms with Crippen molar-refractivity contribution >= 4 is 28.7 Å². The number of nitrogen functional groups attached to an aromatic ring is 1. The predicted octanol–water partition coefficient (Wildman–Crippen LogP) is 5.11. The van der Waals surface area contributed by atoms with Crippen molar-refractivity contribution in [3.63, 3.8) is 0 Å². The molecule has 3 heterocycles. The Balaban J connectivity index is 1.61. The van der Waals surface area contributed by atoms with Crippen molar-refractivity contribution in [3.05, 3.63) is 95.3 Å². The summed E-state index contributed by atoms with van der Waals surface area (Å²) in [6.07, 6.45) is 11.2. The van der Waals surface area contributed by atoms with Gasteiger partial charge in [-0.2, -0.15) is 0 Å². The number of allylic oxidation sites excluding steroid dienone is 4. The molecular weight excluding hydrogens is 459 g/mol. The number of aryl methyl sites for hydroxylation is 1. The standard InChI is InChI=1S/C27H27FN6O2/c1-3-4-7-18(15-28)12-21-13-20(22-9-10-36-34-22)14-23(31-21)26-30-16-24(25(29)33-26)32-27(35)19-8-5-6-17(2)11-19/h3-11,14,16,21H,12-13,15H2,1-2H3,(H,32,35)(H2,29,30,33). The third-order valence-corrected chi connectivity index (χ3v) is 5.62. The van der Waals surface area contributed by atoms with Crippen molar-refractivity contribution < 1.29 is 13.7 Å².